The third-order valence-electron chi connectivity index (χ3n) is 4.72. The molecule has 29 heavy (non-hydrogen) atoms. The van der Waals surface area contributed by atoms with Gasteiger partial charge in [-0.25, -0.2) is 9.78 Å². The first-order valence-electron chi connectivity index (χ1n) is 9.26. The molecular weight excluding hydrogens is 414 g/mol. The van der Waals surface area contributed by atoms with E-state index in [9.17, 15) is 19.8 Å². The summed E-state index contributed by atoms with van der Waals surface area (Å²) in [4.78, 5) is 29.0. The molecule has 4 N–H and O–H groups in total. The molecule has 156 valence electrons. The number of nitrogens with one attached hydrogen (secondary N) is 1. The molecule has 3 rings (SSSR count). The Balaban J connectivity index is 1.41. The van der Waals surface area contributed by atoms with Crippen LogP contribution >= 0.6 is 23.1 Å². The van der Waals surface area contributed by atoms with Crippen molar-refractivity contribution in [1.82, 2.24) is 15.2 Å². The highest BCUT2D eigenvalue weighted by molar-refractivity contribution is 8.01. The van der Waals surface area contributed by atoms with Crippen LogP contribution in [0.4, 0.5) is 0 Å². The Labute approximate surface area is 176 Å². The van der Waals surface area contributed by atoms with Crippen molar-refractivity contribution >= 4 is 35.0 Å². The molecule has 2 aromatic rings. The topological polar surface area (TPSA) is 123 Å². The smallest absolute Gasteiger partial charge is 0.355 e. The Morgan fingerprint density at radius 3 is 2.90 bits per heavy atom. The minimum absolute atomic E-state index is 0.0544. The number of nitrogens with zero attached hydrogens (tertiary/aromatic N) is 2. The number of carboxylic acid groups (broad SMARTS) is 1. The van der Waals surface area contributed by atoms with Crippen LogP contribution in [0.25, 0.3) is 0 Å². The van der Waals surface area contributed by atoms with E-state index in [1.807, 2.05) is 4.90 Å². The standard InChI is InChI=1S/C19H23N3O5S2/c23-15-3-1-12(9-16(15)24)5-6-20-10-13-2-4-17(25)22(13)7-8-28-19-21-14(11-29-19)18(26)27/h1,3,9,11,13,20,23-24H,2,4-8,10H2,(H,26,27)/t13-/m1/s1. The number of phenols is 2. The first-order valence-corrected chi connectivity index (χ1v) is 11.1. The Bertz CT molecular complexity index is 873. The van der Waals surface area contributed by atoms with Crippen LogP contribution < -0.4 is 5.32 Å². The van der Waals surface area contributed by atoms with Gasteiger partial charge in [-0.2, -0.15) is 0 Å². The zero-order valence-corrected chi connectivity index (χ0v) is 17.3. The monoisotopic (exact) mass is 437 g/mol. The van der Waals surface area contributed by atoms with Crippen molar-refractivity contribution < 1.29 is 24.9 Å². The summed E-state index contributed by atoms with van der Waals surface area (Å²) < 4.78 is 0.695. The number of rotatable bonds is 10. The number of likely N-dealkylation sites (tertiary alicyclic amines) is 1. The van der Waals surface area contributed by atoms with E-state index in [4.69, 9.17) is 5.11 Å². The van der Waals surface area contributed by atoms with Gasteiger partial charge in [0.05, 0.1) is 0 Å². The van der Waals surface area contributed by atoms with Gasteiger partial charge in [0.1, 0.15) is 0 Å². The van der Waals surface area contributed by atoms with E-state index in [1.165, 1.54) is 34.5 Å². The first kappa shape index (κ1) is 21.4. The second kappa shape index (κ2) is 9.95. The average Bonchev–Trinajstić information content (AvgIpc) is 3.30. The molecule has 1 aliphatic heterocycles. The number of thiazole rings is 1. The molecule has 0 bridgehead atoms. The molecule has 10 heteroatoms. The molecule has 1 amide bonds. The summed E-state index contributed by atoms with van der Waals surface area (Å²) >= 11 is 2.76. The van der Waals surface area contributed by atoms with Gasteiger partial charge in [0.25, 0.3) is 0 Å². The number of carbonyl (C=O) groups is 2. The number of aromatic carboxylic acids is 1. The molecule has 1 aromatic heterocycles. The third-order valence-corrected chi connectivity index (χ3v) is 6.72. The highest BCUT2D eigenvalue weighted by Gasteiger charge is 2.30. The SMILES string of the molecule is O=C(O)c1csc(SCCN2C(=O)CC[C@@H]2CNCCc2ccc(O)c(O)c2)n1. The number of hydrogen-bond acceptors (Lipinski definition) is 8. The predicted molar refractivity (Wildman–Crippen MR) is 111 cm³/mol. The third kappa shape index (κ3) is 5.84. The number of phenolic OH excluding ortho intramolecular Hbond substituents is 2. The number of carboxylic acids is 1. The second-order valence-electron chi connectivity index (χ2n) is 6.71. The number of amides is 1. The van der Waals surface area contributed by atoms with E-state index in [-0.39, 0.29) is 29.1 Å². The molecule has 0 spiro atoms. The predicted octanol–water partition coefficient (Wildman–Crippen LogP) is 2.17. The minimum Gasteiger partial charge on any atom is -0.504 e. The van der Waals surface area contributed by atoms with Crippen molar-refractivity contribution in [2.45, 2.75) is 29.6 Å². The Morgan fingerprint density at radius 1 is 1.34 bits per heavy atom. The van der Waals surface area contributed by atoms with Crippen LogP contribution in [0.3, 0.4) is 0 Å². The van der Waals surface area contributed by atoms with Gasteiger partial charge in [-0.3, -0.25) is 4.79 Å². The van der Waals surface area contributed by atoms with Gasteiger partial charge in [0.2, 0.25) is 5.91 Å². The molecule has 1 saturated heterocycles. The number of thioether (sulfide) groups is 1. The lowest BCUT2D eigenvalue weighted by Gasteiger charge is -2.25. The lowest BCUT2D eigenvalue weighted by atomic mass is 10.1. The normalized spacial score (nSPS) is 16.5. The molecule has 8 nitrogen and oxygen atoms in total. The van der Waals surface area contributed by atoms with Crippen LogP contribution in [0.1, 0.15) is 28.9 Å². The molecule has 0 radical (unpaired) electrons. The van der Waals surface area contributed by atoms with Crippen molar-refractivity contribution in [3.63, 3.8) is 0 Å². The summed E-state index contributed by atoms with van der Waals surface area (Å²) in [5, 5.41) is 32.7. The van der Waals surface area contributed by atoms with Crippen molar-refractivity contribution in [3.8, 4) is 11.5 Å². The Morgan fingerprint density at radius 2 is 2.17 bits per heavy atom. The van der Waals surface area contributed by atoms with Crippen LogP contribution in [-0.2, 0) is 11.2 Å². The summed E-state index contributed by atoms with van der Waals surface area (Å²) in [6, 6.07) is 4.94. The van der Waals surface area contributed by atoms with Crippen LogP contribution in [0.5, 0.6) is 11.5 Å². The van der Waals surface area contributed by atoms with E-state index >= 15 is 0 Å². The van der Waals surface area contributed by atoms with E-state index in [2.05, 4.69) is 10.3 Å². The first-order chi connectivity index (χ1) is 13.9. The number of benzene rings is 1. The van der Waals surface area contributed by atoms with Crippen LogP contribution in [-0.4, -0.2) is 68.5 Å². The van der Waals surface area contributed by atoms with Gasteiger partial charge in [0, 0.05) is 36.7 Å². The Hall–Kier alpha value is -2.30. The molecule has 2 heterocycles. The molecule has 0 unspecified atom stereocenters. The number of aromatic nitrogens is 1. The van der Waals surface area contributed by atoms with Crippen LogP contribution in [0.15, 0.2) is 27.9 Å². The lowest BCUT2D eigenvalue weighted by molar-refractivity contribution is -0.128. The van der Waals surface area contributed by atoms with Gasteiger partial charge >= 0.3 is 5.97 Å². The largest absolute Gasteiger partial charge is 0.504 e. The zero-order chi connectivity index (χ0) is 20.8. The molecule has 1 aliphatic rings. The highest BCUT2D eigenvalue weighted by Crippen LogP contribution is 2.26. The Kier molecular flexibility index (Phi) is 7.34. The molecule has 1 atom stereocenters. The van der Waals surface area contributed by atoms with E-state index in [1.54, 1.807) is 12.1 Å². The van der Waals surface area contributed by atoms with Crippen molar-refractivity contribution in [3.05, 3.63) is 34.8 Å². The summed E-state index contributed by atoms with van der Waals surface area (Å²) in [6.07, 6.45) is 2.07. The minimum atomic E-state index is -1.03. The van der Waals surface area contributed by atoms with E-state index < -0.39 is 5.97 Å². The van der Waals surface area contributed by atoms with Gasteiger partial charge in [-0.15, -0.1) is 11.3 Å². The van der Waals surface area contributed by atoms with Gasteiger partial charge < -0.3 is 25.5 Å². The summed E-state index contributed by atoms with van der Waals surface area (Å²) in [7, 11) is 0. The van der Waals surface area contributed by atoms with Crippen molar-refractivity contribution in [2.24, 2.45) is 0 Å². The van der Waals surface area contributed by atoms with Gasteiger partial charge in [-0.1, -0.05) is 17.8 Å². The van der Waals surface area contributed by atoms with Crippen LogP contribution in [0.2, 0.25) is 0 Å². The van der Waals surface area contributed by atoms with Gasteiger partial charge in [0.15, 0.2) is 21.5 Å². The number of aromatic hydroxyl groups is 2. The summed E-state index contributed by atoms with van der Waals surface area (Å²) in [5.74, 6) is -0.468. The lowest BCUT2D eigenvalue weighted by Crippen LogP contribution is -2.41. The summed E-state index contributed by atoms with van der Waals surface area (Å²) in [5.41, 5.74) is 0.978. The fraction of sp³-hybridized carbons (Fsp3) is 0.421. The maximum Gasteiger partial charge on any atom is 0.355 e. The number of hydrogen-bond donors (Lipinski definition) is 4. The zero-order valence-electron chi connectivity index (χ0n) is 15.7. The highest BCUT2D eigenvalue weighted by atomic mass is 32.2. The molecule has 1 aromatic carbocycles. The molecule has 0 saturated carbocycles. The second-order valence-corrected chi connectivity index (χ2v) is 8.91. The molecule has 0 aliphatic carbocycles. The average molecular weight is 438 g/mol. The summed E-state index contributed by atoms with van der Waals surface area (Å²) in [6.45, 7) is 2.00. The quantitative estimate of drug-likeness (QED) is 0.253. The number of carbonyl (C=O) groups excluding carboxylic acids is 1. The van der Waals surface area contributed by atoms with E-state index in [0.29, 0.717) is 42.6 Å². The maximum atomic E-state index is 12.2. The fourth-order valence-corrected chi connectivity index (χ4v) is 5.00. The van der Waals surface area contributed by atoms with E-state index in [0.717, 1.165) is 12.0 Å². The molecule has 1 fully saturated rings. The van der Waals surface area contributed by atoms with Crippen molar-refractivity contribution in [1.29, 1.82) is 0 Å². The van der Waals surface area contributed by atoms with Crippen molar-refractivity contribution in [2.75, 3.05) is 25.4 Å². The molecular formula is C19H23N3O5S2. The van der Waals surface area contributed by atoms with Crippen LogP contribution in [0, 0.1) is 0 Å². The maximum absolute atomic E-state index is 12.2. The fourth-order valence-electron chi connectivity index (χ4n) is 3.19. The van der Waals surface area contributed by atoms with Gasteiger partial charge in [-0.05, 0) is 37.1 Å².